The summed E-state index contributed by atoms with van der Waals surface area (Å²) in [5.41, 5.74) is 0.0910. The van der Waals surface area contributed by atoms with Crippen molar-refractivity contribution in [2.24, 2.45) is 0 Å². The Morgan fingerprint density at radius 3 is 2.18 bits per heavy atom. The zero-order valence-electron chi connectivity index (χ0n) is 8.44. The third-order valence-corrected chi connectivity index (χ3v) is 2.09. The molecular formula is C10H22O. The van der Waals surface area contributed by atoms with E-state index in [-0.39, 0.29) is 5.60 Å². The molecule has 0 unspecified atom stereocenters. The molecule has 0 saturated carbocycles. The molecule has 0 bridgehead atoms. The van der Waals surface area contributed by atoms with Crippen molar-refractivity contribution >= 4 is 0 Å². The maximum absolute atomic E-state index is 5.68. The molecule has 0 aliphatic heterocycles. The van der Waals surface area contributed by atoms with Gasteiger partial charge >= 0.3 is 0 Å². The van der Waals surface area contributed by atoms with Gasteiger partial charge in [0.2, 0.25) is 0 Å². The summed E-state index contributed by atoms with van der Waals surface area (Å²) < 4.78 is 5.68. The van der Waals surface area contributed by atoms with E-state index in [1.165, 1.54) is 19.3 Å². The second kappa shape index (κ2) is 5.59. The van der Waals surface area contributed by atoms with Crippen LogP contribution in [0.4, 0.5) is 0 Å². The molecule has 0 aromatic heterocycles. The van der Waals surface area contributed by atoms with E-state index < -0.39 is 0 Å². The van der Waals surface area contributed by atoms with Crippen molar-refractivity contribution in [2.75, 3.05) is 6.61 Å². The highest BCUT2D eigenvalue weighted by Gasteiger charge is 2.13. The van der Waals surface area contributed by atoms with Gasteiger partial charge in [0.15, 0.2) is 0 Å². The Labute approximate surface area is 71.1 Å². The van der Waals surface area contributed by atoms with E-state index in [4.69, 9.17) is 4.74 Å². The summed E-state index contributed by atoms with van der Waals surface area (Å²) in [5.74, 6) is 0. The van der Waals surface area contributed by atoms with Crippen molar-refractivity contribution in [2.45, 2.75) is 59.0 Å². The molecule has 0 N–H and O–H groups in total. The van der Waals surface area contributed by atoms with Crippen LogP contribution in [0.1, 0.15) is 53.4 Å². The van der Waals surface area contributed by atoms with Crippen LogP contribution in [0.15, 0.2) is 0 Å². The van der Waals surface area contributed by atoms with Crippen LogP contribution in [-0.4, -0.2) is 12.2 Å². The molecule has 0 saturated heterocycles. The molecule has 0 aliphatic carbocycles. The maximum atomic E-state index is 5.68. The smallest absolute Gasteiger partial charge is 0.0623 e. The van der Waals surface area contributed by atoms with Gasteiger partial charge in [0.1, 0.15) is 0 Å². The van der Waals surface area contributed by atoms with Crippen LogP contribution < -0.4 is 0 Å². The van der Waals surface area contributed by atoms with E-state index >= 15 is 0 Å². The summed E-state index contributed by atoms with van der Waals surface area (Å²) in [5, 5.41) is 0. The summed E-state index contributed by atoms with van der Waals surface area (Å²) in [6.45, 7) is 9.61. The Morgan fingerprint density at radius 1 is 1.09 bits per heavy atom. The van der Waals surface area contributed by atoms with Crippen molar-refractivity contribution < 1.29 is 4.74 Å². The number of hydrogen-bond donors (Lipinski definition) is 0. The molecule has 0 aromatic rings. The monoisotopic (exact) mass is 158 g/mol. The lowest BCUT2D eigenvalue weighted by atomic mass is 10.1. The first-order valence-electron chi connectivity index (χ1n) is 4.76. The Kier molecular flexibility index (Phi) is 5.57. The predicted octanol–water partition coefficient (Wildman–Crippen LogP) is 3.38. The SMILES string of the molecule is CCCCCOC(C)(C)CC. The lowest BCUT2D eigenvalue weighted by Gasteiger charge is -2.23. The van der Waals surface area contributed by atoms with Gasteiger partial charge in [0, 0.05) is 6.61 Å². The van der Waals surface area contributed by atoms with Crippen LogP contribution in [0.3, 0.4) is 0 Å². The maximum Gasteiger partial charge on any atom is 0.0623 e. The second-order valence-corrected chi connectivity index (χ2v) is 3.67. The van der Waals surface area contributed by atoms with Crippen molar-refractivity contribution in [3.05, 3.63) is 0 Å². The van der Waals surface area contributed by atoms with E-state index in [2.05, 4.69) is 27.7 Å². The highest BCUT2D eigenvalue weighted by atomic mass is 16.5. The summed E-state index contributed by atoms with van der Waals surface area (Å²) >= 11 is 0. The van der Waals surface area contributed by atoms with Gasteiger partial charge in [0.25, 0.3) is 0 Å². The molecule has 1 nitrogen and oxygen atoms in total. The molecule has 11 heavy (non-hydrogen) atoms. The van der Waals surface area contributed by atoms with Crippen LogP contribution in [0.25, 0.3) is 0 Å². The minimum absolute atomic E-state index is 0.0910. The Morgan fingerprint density at radius 2 is 1.73 bits per heavy atom. The summed E-state index contributed by atoms with van der Waals surface area (Å²) in [4.78, 5) is 0. The summed E-state index contributed by atoms with van der Waals surface area (Å²) in [6, 6.07) is 0. The molecule has 0 radical (unpaired) electrons. The number of ether oxygens (including phenoxy) is 1. The normalized spacial score (nSPS) is 12.0. The highest BCUT2D eigenvalue weighted by Crippen LogP contribution is 2.13. The molecule has 1 heteroatoms. The highest BCUT2D eigenvalue weighted by molar-refractivity contribution is 4.64. The molecule has 0 spiro atoms. The van der Waals surface area contributed by atoms with Crippen molar-refractivity contribution in [3.63, 3.8) is 0 Å². The molecule has 68 valence electrons. The third kappa shape index (κ3) is 6.36. The first-order valence-corrected chi connectivity index (χ1v) is 4.76. The van der Waals surface area contributed by atoms with Gasteiger partial charge in [0.05, 0.1) is 5.60 Å². The van der Waals surface area contributed by atoms with Crippen molar-refractivity contribution in [3.8, 4) is 0 Å². The van der Waals surface area contributed by atoms with E-state index in [1.54, 1.807) is 0 Å². The zero-order chi connectivity index (χ0) is 8.74. The Bertz CT molecular complexity index is 86.9. The predicted molar refractivity (Wildman–Crippen MR) is 49.8 cm³/mol. The number of unbranched alkanes of at least 4 members (excludes halogenated alkanes) is 2. The molecule has 0 rings (SSSR count). The Hall–Kier alpha value is -0.0400. The minimum atomic E-state index is 0.0910. The quantitative estimate of drug-likeness (QED) is 0.538. The van der Waals surface area contributed by atoms with Gasteiger partial charge in [-0.15, -0.1) is 0 Å². The van der Waals surface area contributed by atoms with Gasteiger partial charge in [-0.05, 0) is 26.7 Å². The third-order valence-electron chi connectivity index (χ3n) is 2.09. The number of rotatable bonds is 6. The second-order valence-electron chi connectivity index (χ2n) is 3.67. The molecule has 0 heterocycles. The summed E-state index contributed by atoms with van der Waals surface area (Å²) in [7, 11) is 0. The average Bonchev–Trinajstić information content (AvgIpc) is 1.99. The van der Waals surface area contributed by atoms with Crippen LogP contribution in [0.5, 0.6) is 0 Å². The standard InChI is InChI=1S/C10H22O/c1-5-7-8-9-11-10(3,4)6-2/h5-9H2,1-4H3. The zero-order valence-corrected chi connectivity index (χ0v) is 8.44. The van der Waals surface area contributed by atoms with E-state index in [0.29, 0.717) is 0 Å². The molecule has 0 aromatic carbocycles. The molecule has 0 amide bonds. The van der Waals surface area contributed by atoms with Crippen molar-refractivity contribution in [1.29, 1.82) is 0 Å². The van der Waals surface area contributed by atoms with Crippen LogP contribution >= 0.6 is 0 Å². The van der Waals surface area contributed by atoms with Crippen molar-refractivity contribution in [1.82, 2.24) is 0 Å². The van der Waals surface area contributed by atoms with Gasteiger partial charge in [-0.1, -0.05) is 26.7 Å². The number of hydrogen-bond acceptors (Lipinski definition) is 1. The van der Waals surface area contributed by atoms with Crippen LogP contribution in [0, 0.1) is 0 Å². The van der Waals surface area contributed by atoms with E-state index in [1.807, 2.05) is 0 Å². The molecule has 0 atom stereocenters. The average molecular weight is 158 g/mol. The fourth-order valence-corrected chi connectivity index (χ4v) is 0.803. The lowest BCUT2D eigenvalue weighted by Crippen LogP contribution is -2.23. The van der Waals surface area contributed by atoms with E-state index in [0.717, 1.165) is 13.0 Å². The van der Waals surface area contributed by atoms with Gasteiger partial charge in [-0.3, -0.25) is 0 Å². The van der Waals surface area contributed by atoms with Gasteiger partial charge < -0.3 is 4.74 Å². The van der Waals surface area contributed by atoms with Crippen LogP contribution in [0.2, 0.25) is 0 Å². The minimum Gasteiger partial charge on any atom is -0.376 e. The Balaban J connectivity index is 3.23. The lowest BCUT2D eigenvalue weighted by molar-refractivity contribution is -0.0215. The molecule has 0 fully saturated rings. The van der Waals surface area contributed by atoms with Gasteiger partial charge in [-0.25, -0.2) is 0 Å². The first kappa shape index (κ1) is 11.0. The largest absolute Gasteiger partial charge is 0.376 e. The summed E-state index contributed by atoms with van der Waals surface area (Å²) in [6.07, 6.45) is 4.87. The van der Waals surface area contributed by atoms with Crippen LogP contribution in [-0.2, 0) is 4.74 Å². The van der Waals surface area contributed by atoms with Gasteiger partial charge in [-0.2, -0.15) is 0 Å². The fraction of sp³-hybridized carbons (Fsp3) is 1.00. The van der Waals surface area contributed by atoms with E-state index in [9.17, 15) is 0 Å². The molecule has 0 aliphatic rings. The fourth-order valence-electron chi connectivity index (χ4n) is 0.803. The first-order chi connectivity index (χ1) is 5.12. The molecular weight excluding hydrogens is 136 g/mol. The topological polar surface area (TPSA) is 9.23 Å².